The number of carbonyl (C=O) groups excluding carboxylic acids is 4. The van der Waals surface area contributed by atoms with E-state index >= 15 is 0 Å². The maximum Gasteiger partial charge on any atom is 0.334 e. The van der Waals surface area contributed by atoms with Crippen molar-refractivity contribution in [1.82, 2.24) is 10.2 Å². The second kappa shape index (κ2) is 12.7. The van der Waals surface area contributed by atoms with E-state index in [1.165, 1.54) is 25.3 Å². The van der Waals surface area contributed by atoms with Gasteiger partial charge in [-0.3, -0.25) is 19.3 Å². The van der Waals surface area contributed by atoms with Crippen LogP contribution >= 0.6 is 0 Å². The summed E-state index contributed by atoms with van der Waals surface area (Å²) >= 11 is 0. The summed E-state index contributed by atoms with van der Waals surface area (Å²) in [7, 11) is 1.38. The van der Waals surface area contributed by atoms with Gasteiger partial charge in [0.2, 0.25) is 0 Å². The van der Waals surface area contributed by atoms with Gasteiger partial charge in [-0.25, -0.2) is 4.79 Å². The minimum atomic E-state index is -1.15. The van der Waals surface area contributed by atoms with E-state index in [9.17, 15) is 24.4 Å². The number of benzene rings is 3. The molecule has 0 bridgehead atoms. The lowest BCUT2D eigenvalue weighted by Crippen LogP contribution is -2.47. The molecule has 0 aromatic heterocycles. The second-order valence-electron chi connectivity index (χ2n) is 9.84. The van der Waals surface area contributed by atoms with Crippen LogP contribution in [0.5, 0.6) is 11.5 Å². The molecule has 0 saturated carbocycles. The van der Waals surface area contributed by atoms with Crippen molar-refractivity contribution < 1.29 is 28.7 Å². The highest BCUT2D eigenvalue weighted by Crippen LogP contribution is 2.32. The summed E-state index contributed by atoms with van der Waals surface area (Å²) in [5.74, 6) is -2.21. The van der Waals surface area contributed by atoms with Crippen LogP contribution in [0.2, 0.25) is 0 Å². The number of hydrogen-bond acceptors (Lipinski definition) is 7. The van der Waals surface area contributed by atoms with Gasteiger partial charge in [-0.1, -0.05) is 62.4 Å². The number of nitrogens with zero attached hydrogens (tertiary/aromatic N) is 2. The first-order valence-electron chi connectivity index (χ1n) is 13.0. The number of fused-ring (bicyclic) bond motifs is 1. The molecule has 41 heavy (non-hydrogen) atoms. The summed E-state index contributed by atoms with van der Waals surface area (Å²) in [6.07, 6.45) is 1.60. The van der Waals surface area contributed by atoms with E-state index in [0.717, 1.165) is 10.5 Å². The largest absolute Gasteiger partial charge is 0.493 e. The first-order chi connectivity index (χ1) is 19.7. The fraction of sp³-hybridized carbons (Fsp3) is 0.219. The van der Waals surface area contributed by atoms with E-state index in [1.54, 1.807) is 30.3 Å². The van der Waals surface area contributed by atoms with Gasteiger partial charge >= 0.3 is 5.97 Å². The highest BCUT2D eigenvalue weighted by molar-refractivity contribution is 6.22. The van der Waals surface area contributed by atoms with Crippen LogP contribution in [0.4, 0.5) is 0 Å². The van der Waals surface area contributed by atoms with Crippen molar-refractivity contribution in [1.29, 1.82) is 5.26 Å². The third kappa shape index (κ3) is 6.50. The highest BCUT2D eigenvalue weighted by Gasteiger charge is 2.43. The standard InChI is InChI=1S/C32H29N3O6/c1-20(2)15-26(35-30(37)24-11-7-8-12-25(24)31(35)38)32(39)41-27-14-13-22(17-28(27)40-3)16-23(18-33)29(36)34-19-21-9-5-4-6-10-21/h4-14,16-17,20,26H,15,19H2,1-3H3,(H,34,36)/b23-16+. The number of nitriles is 1. The summed E-state index contributed by atoms with van der Waals surface area (Å²) < 4.78 is 11.1. The van der Waals surface area contributed by atoms with Gasteiger partial charge < -0.3 is 14.8 Å². The molecule has 0 aliphatic carbocycles. The topological polar surface area (TPSA) is 126 Å². The van der Waals surface area contributed by atoms with Crippen molar-refractivity contribution in [3.63, 3.8) is 0 Å². The minimum Gasteiger partial charge on any atom is -0.493 e. The Morgan fingerprint density at radius 3 is 2.17 bits per heavy atom. The van der Waals surface area contributed by atoms with Crippen LogP contribution in [0.25, 0.3) is 6.08 Å². The molecule has 3 aromatic rings. The molecule has 0 radical (unpaired) electrons. The first kappa shape index (κ1) is 28.8. The molecule has 9 nitrogen and oxygen atoms in total. The van der Waals surface area contributed by atoms with Crippen molar-refractivity contribution in [2.45, 2.75) is 32.9 Å². The molecular formula is C32H29N3O6. The minimum absolute atomic E-state index is 0.0243. The molecule has 4 rings (SSSR count). The van der Waals surface area contributed by atoms with Gasteiger partial charge in [0.1, 0.15) is 17.7 Å². The third-order valence-corrected chi connectivity index (χ3v) is 6.47. The van der Waals surface area contributed by atoms with E-state index in [0.29, 0.717) is 5.56 Å². The lowest BCUT2D eigenvalue weighted by atomic mass is 10.0. The Labute approximate surface area is 238 Å². The van der Waals surface area contributed by atoms with E-state index in [2.05, 4.69) is 5.32 Å². The number of ether oxygens (including phenoxy) is 2. The Kier molecular flexibility index (Phi) is 8.95. The number of esters is 1. The van der Waals surface area contributed by atoms with Gasteiger partial charge in [-0.05, 0) is 53.8 Å². The zero-order valence-electron chi connectivity index (χ0n) is 22.9. The molecule has 0 spiro atoms. The zero-order chi connectivity index (χ0) is 29.5. The van der Waals surface area contributed by atoms with E-state index in [-0.39, 0.29) is 47.1 Å². The number of imide groups is 1. The summed E-state index contributed by atoms with van der Waals surface area (Å²) in [5.41, 5.74) is 1.73. The Hall–Kier alpha value is -5.23. The lowest BCUT2D eigenvalue weighted by Gasteiger charge is -2.26. The Morgan fingerprint density at radius 1 is 0.951 bits per heavy atom. The van der Waals surface area contributed by atoms with Crippen molar-refractivity contribution in [3.05, 3.63) is 101 Å². The van der Waals surface area contributed by atoms with Crippen molar-refractivity contribution in [2.24, 2.45) is 5.92 Å². The van der Waals surface area contributed by atoms with Gasteiger partial charge in [0.05, 0.1) is 18.2 Å². The van der Waals surface area contributed by atoms with E-state index < -0.39 is 29.7 Å². The molecule has 3 amide bonds. The lowest BCUT2D eigenvalue weighted by molar-refractivity contribution is -0.139. The number of rotatable bonds is 10. The molecule has 1 aliphatic heterocycles. The van der Waals surface area contributed by atoms with Crippen LogP contribution in [-0.2, 0) is 16.1 Å². The van der Waals surface area contributed by atoms with Gasteiger partial charge in [-0.15, -0.1) is 0 Å². The van der Waals surface area contributed by atoms with Crippen molar-refractivity contribution >= 4 is 29.8 Å². The summed E-state index contributed by atoms with van der Waals surface area (Å²) in [6.45, 7) is 4.02. The molecule has 0 fully saturated rings. The molecule has 1 atom stereocenters. The number of methoxy groups -OCH3 is 1. The molecule has 0 saturated heterocycles. The molecule has 1 heterocycles. The highest BCUT2D eigenvalue weighted by atomic mass is 16.6. The molecule has 9 heteroatoms. The normalized spacial score (nSPS) is 13.4. The molecular weight excluding hydrogens is 522 g/mol. The Balaban J connectivity index is 1.53. The van der Waals surface area contributed by atoms with Gasteiger partial charge in [0.25, 0.3) is 17.7 Å². The third-order valence-electron chi connectivity index (χ3n) is 6.47. The summed E-state index contributed by atoms with van der Waals surface area (Å²) in [4.78, 5) is 53.1. The summed E-state index contributed by atoms with van der Waals surface area (Å²) in [5, 5.41) is 12.3. The number of amides is 3. The molecule has 1 aliphatic rings. The van der Waals surface area contributed by atoms with Crippen LogP contribution in [0.15, 0.2) is 78.4 Å². The number of nitrogens with one attached hydrogen (secondary N) is 1. The zero-order valence-corrected chi connectivity index (χ0v) is 22.9. The quantitative estimate of drug-likeness (QED) is 0.129. The van der Waals surface area contributed by atoms with Crippen LogP contribution in [0.1, 0.15) is 52.1 Å². The summed E-state index contributed by atoms with van der Waals surface area (Å²) in [6, 6.07) is 21.0. The number of carbonyl (C=O) groups is 4. The van der Waals surface area contributed by atoms with E-state index in [4.69, 9.17) is 9.47 Å². The maximum absolute atomic E-state index is 13.4. The second-order valence-corrected chi connectivity index (χ2v) is 9.84. The average molecular weight is 552 g/mol. The van der Waals surface area contributed by atoms with Gasteiger partial charge in [0, 0.05) is 6.54 Å². The maximum atomic E-state index is 13.4. The van der Waals surface area contributed by atoms with E-state index in [1.807, 2.05) is 50.2 Å². The fourth-order valence-corrected chi connectivity index (χ4v) is 4.47. The fourth-order valence-electron chi connectivity index (χ4n) is 4.47. The van der Waals surface area contributed by atoms with Crippen molar-refractivity contribution in [3.8, 4) is 17.6 Å². The smallest absolute Gasteiger partial charge is 0.334 e. The van der Waals surface area contributed by atoms with Gasteiger partial charge in [0.15, 0.2) is 11.5 Å². The molecule has 208 valence electrons. The van der Waals surface area contributed by atoms with Gasteiger partial charge in [-0.2, -0.15) is 5.26 Å². The van der Waals surface area contributed by atoms with Crippen molar-refractivity contribution in [2.75, 3.05) is 7.11 Å². The Morgan fingerprint density at radius 2 is 1.59 bits per heavy atom. The van der Waals surface area contributed by atoms with Crippen LogP contribution in [0, 0.1) is 17.2 Å². The predicted octanol–water partition coefficient (Wildman–Crippen LogP) is 4.53. The van der Waals surface area contributed by atoms with Crippen LogP contribution in [-0.4, -0.2) is 41.7 Å². The Bertz CT molecular complexity index is 1520. The predicted molar refractivity (Wildman–Crippen MR) is 151 cm³/mol. The van der Waals surface area contributed by atoms with Crippen LogP contribution < -0.4 is 14.8 Å². The first-order valence-corrected chi connectivity index (χ1v) is 13.0. The van der Waals surface area contributed by atoms with Crippen LogP contribution in [0.3, 0.4) is 0 Å². The molecule has 1 unspecified atom stereocenters. The molecule has 3 aromatic carbocycles. The number of hydrogen-bond donors (Lipinski definition) is 1. The SMILES string of the molecule is COc1cc(/C=C(\C#N)C(=O)NCc2ccccc2)ccc1OC(=O)C(CC(C)C)N1C(=O)c2ccccc2C1=O. The monoisotopic (exact) mass is 551 g/mol. The molecule has 1 N–H and O–H groups in total. The average Bonchev–Trinajstić information content (AvgIpc) is 3.23.